The fourth-order valence-electron chi connectivity index (χ4n) is 2.75. The molecule has 20 heavy (non-hydrogen) atoms. The first-order valence-electron chi connectivity index (χ1n) is 6.79. The molecule has 4 rings (SSSR count). The third-order valence-corrected chi connectivity index (χ3v) is 3.70. The molecular formula is C18H14N2. The summed E-state index contributed by atoms with van der Waals surface area (Å²) in [6.07, 6.45) is 2.11. The van der Waals surface area contributed by atoms with Crippen molar-refractivity contribution in [3.63, 3.8) is 0 Å². The minimum Gasteiger partial charge on any atom is -0.318 e. The highest BCUT2D eigenvalue weighted by molar-refractivity contribution is 6.15. The highest BCUT2D eigenvalue weighted by Gasteiger charge is 2.17. The number of fused-ring (bicyclic) bond motifs is 3. The molecule has 1 aliphatic rings. The maximum Gasteiger partial charge on any atom is 0.0802 e. The summed E-state index contributed by atoms with van der Waals surface area (Å²) in [5, 5.41) is 0. The van der Waals surface area contributed by atoms with Crippen molar-refractivity contribution < 1.29 is 0 Å². The monoisotopic (exact) mass is 258 g/mol. The number of hydrogen-bond acceptors (Lipinski definition) is 1. The molecule has 2 heterocycles. The van der Waals surface area contributed by atoms with Crippen LogP contribution < -0.4 is 0 Å². The Balaban J connectivity index is 1.98. The van der Waals surface area contributed by atoms with Gasteiger partial charge in [0.1, 0.15) is 0 Å². The van der Waals surface area contributed by atoms with Gasteiger partial charge in [0.25, 0.3) is 0 Å². The zero-order chi connectivity index (χ0) is 13.4. The number of nitrogens with zero attached hydrogens (tertiary/aromatic N) is 2. The van der Waals surface area contributed by atoms with E-state index < -0.39 is 0 Å². The number of para-hydroxylation sites is 1. The van der Waals surface area contributed by atoms with Crippen molar-refractivity contribution in [1.29, 1.82) is 0 Å². The standard InChI is InChI=1S/C18H14N2/c1-2-7-14(8-3-1)18-16-10-4-5-11-17(16)20-12-6-9-15(20)13-19-18/h1-12H,13H2. The Labute approximate surface area is 118 Å². The Hall–Kier alpha value is -2.61. The molecule has 0 atom stereocenters. The van der Waals surface area contributed by atoms with E-state index in [1.165, 1.54) is 22.5 Å². The molecule has 96 valence electrons. The Morgan fingerprint density at radius 2 is 1.60 bits per heavy atom. The second-order valence-corrected chi connectivity index (χ2v) is 4.92. The maximum atomic E-state index is 4.84. The smallest absolute Gasteiger partial charge is 0.0802 e. The van der Waals surface area contributed by atoms with Gasteiger partial charge in [-0.05, 0) is 18.2 Å². The fraction of sp³-hybridized carbons (Fsp3) is 0.0556. The van der Waals surface area contributed by atoms with Crippen LogP contribution in [0.1, 0.15) is 16.8 Å². The topological polar surface area (TPSA) is 17.3 Å². The molecule has 0 amide bonds. The molecule has 0 unspecified atom stereocenters. The van der Waals surface area contributed by atoms with Gasteiger partial charge in [0.2, 0.25) is 0 Å². The average molecular weight is 258 g/mol. The lowest BCUT2D eigenvalue weighted by Crippen LogP contribution is -2.06. The molecule has 0 N–H and O–H groups in total. The van der Waals surface area contributed by atoms with E-state index in [-0.39, 0.29) is 0 Å². The highest BCUT2D eigenvalue weighted by Crippen LogP contribution is 2.25. The van der Waals surface area contributed by atoms with Crippen molar-refractivity contribution >= 4 is 5.71 Å². The van der Waals surface area contributed by atoms with E-state index in [4.69, 9.17) is 4.99 Å². The van der Waals surface area contributed by atoms with E-state index in [9.17, 15) is 0 Å². The van der Waals surface area contributed by atoms with Crippen molar-refractivity contribution in [1.82, 2.24) is 4.57 Å². The van der Waals surface area contributed by atoms with Crippen LogP contribution in [0.3, 0.4) is 0 Å². The summed E-state index contributed by atoms with van der Waals surface area (Å²) in [4.78, 5) is 4.84. The van der Waals surface area contributed by atoms with Gasteiger partial charge >= 0.3 is 0 Å². The fourth-order valence-corrected chi connectivity index (χ4v) is 2.75. The number of hydrogen-bond donors (Lipinski definition) is 0. The molecule has 2 nitrogen and oxygen atoms in total. The summed E-state index contributed by atoms with van der Waals surface area (Å²) in [5.74, 6) is 0. The Bertz CT molecular complexity index is 782. The second kappa shape index (κ2) is 4.49. The molecule has 3 aromatic rings. The predicted molar refractivity (Wildman–Crippen MR) is 81.6 cm³/mol. The van der Waals surface area contributed by atoms with Crippen molar-refractivity contribution in [3.05, 3.63) is 89.7 Å². The molecule has 0 fully saturated rings. The molecule has 0 spiro atoms. The Kier molecular flexibility index (Phi) is 2.52. The maximum absolute atomic E-state index is 4.84. The SMILES string of the molecule is c1ccc(C2=NCc3cccn3-c3ccccc32)cc1. The Morgan fingerprint density at radius 3 is 2.50 bits per heavy atom. The van der Waals surface area contributed by atoms with Crippen LogP contribution in [0, 0.1) is 0 Å². The van der Waals surface area contributed by atoms with Crippen LogP contribution in [0.2, 0.25) is 0 Å². The van der Waals surface area contributed by atoms with Crippen LogP contribution in [0.15, 0.2) is 77.9 Å². The molecule has 0 saturated heterocycles. The minimum atomic E-state index is 0.714. The van der Waals surface area contributed by atoms with E-state index in [0.717, 1.165) is 5.71 Å². The lowest BCUT2D eigenvalue weighted by Gasteiger charge is -2.11. The van der Waals surface area contributed by atoms with Crippen LogP contribution in [-0.4, -0.2) is 10.3 Å². The minimum absolute atomic E-state index is 0.714. The lowest BCUT2D eigenvalue weighted by molar-refractivity contribution is 0.926. The molecule has 2 aromatic carbocycles. The summed E-state index contributed by atoms with van der Waals surface area (Å²) >= 11 is 0. The first kappa shape index (κ1) is 11.2. The third-order valence-electron chi connectivity index (χ3n) is 3.70. The van der Waals surface area contributed by atoms with Crippen molar-refractivity contribution in [2.75, 3.05) is 0 Å². The van der Waals surface area contributed by atoms with Gasteiger partial charge in [0.15, 0.2) is 0 Å². The van der Waals surface area contributed by atoms with E-state index in [2.05, 4.69) is 71.4 Å². The van der Waals surface area contributed by atoms with Crippen LogP contribution in [0.4, 0.5) is 0 Å². The van der Waals surface area contributed by atoms with E-state index >= 15 is 0 Å². The van der Waals surface area contributed by atoms with Crippen LogP contribution in [-0.2, 0) is 6.54 Å². The van der Waals surface area contributed by atoms with E-state index in [1.54, 1.807) is 0 Å². The molecule has 0 bridgehead atoms. The second-order valence-electron chi connectivity index (χ2n) is 4.92. The summed E-state index contributed by atoms with van der Waals surface area (Å²) in [6.45, 7) is 0.714. The number of rotatable bonds is 1. The zero-order valence-corrected chi connectivity index (χ0v) is 11.0. The van der Waals surface area contributed by atoms with E-state index in [0.29, 0.717) is 6.54 Å². The first-order chi connectivity index (χ1) is 9.93. The molecule has 0 saturated carbocycles. The summed E-state index contributed by atoms with van der Waals surface area (Å²) in [6, 6.07) is 23.1. The number of aliphatic imine (C=N–C) groups is 1. The molecule has 0 radical (unpaired) electrons. The molecule has 1 aliphatic heterocycles. The zero-order valence-electron chi connectivity index (χ0n) is 11.0. The van der Waals surface area contributed by atoms with Gasteiger partial charge in [-0.3, -0.25) is 4.99 Å². The largest absolute Gasteiger partial charge is 0.318 e. The number of benzene rings is 2. The van der Waals surface area contributed by atoms with Gasteiger partial charge in [-0.15, -0.1) is 0 Å². The van der Waals surface area contributed by atoms with Crippen molar-refractivity contribution in [2.24, 2.45) is 4.99 Å². The molecule has 2 heteroatoms. The Morgan fingerprint density at radius 1 is 0.800 bits per heavy atom. The van der Waals surface area contributed by atoms with Crippen LogP contribution >= 0.6 is 0 Å². The van der Waals surface area contributed by atoms with Crippen LogP contribution in [0.5, 0.6) is 0 Å². The summed E-state index contributed by atoms with van der Waals surface area (Å²) in [5.41, 5.74) is 5.86. The van der Waals surface area contributed by atoms with Crippen molar-refractivity contribution in [2.45, 2.75) is 6.54 Å². The van der Waals surface area contributed by atoms with Gasteiger partial charge in [-0.25, -0.2) is 0 Å². The molecule has 1 aromatic heterocycles. The normalized spacial score (nSPS) is 13.1. The summed E-state index contributed by atoms with van der Waals surface area (Å²) in [7, 11) is 0. The number of aromatic nitrogens is 1. The molecular weight excluding hydrogens is 244 g/mol. The van der Waals surface area contributed by atoms with Gasteiger partial charge in [-0.2, -0.15) is 0 Å². The average Bonchev–Trinajstić information content (AvgIpc) is 2.92. The van der Waals surface area contributed by atoms with E-state index in [1.807, 2.05) is 6.07 Å². The molecule has 0 aliphatic carbocycles. The quantitative estimate of drug-likeness (QED) is 0.631. The van der Waals surface area contributed by atoms with Gasteiger partial charge < -0.3 is 4.57 Å². The van der Waals surface area contributed by atoms with Gasteiger partial charge in [-0.1, -0.05) is 48.5 Å². The predicted octanol–water partition coefficient (Wildman–Crippen LogP) is 3.83. The first-order valence-corrected chi connectivity index (χ1v) is 6.79. The third kappa shape index (κ3) is 1.69. The lowest BCUT2D eigenvalue weighted by atomic mass is 10.0. The van der Waals surface area contributed by atoms with Crippen molar-refractivity contribution in [3.8, 4) is 5.69 Å². The van der Waals surface area contributed by atoms with Gasteiger partial charge in [0.05, 0.1) is 17.9 Å². The van der Waals surface area contributed by atoms with Crippen LogP contribution in [0.25, 0.3) is 5.69 Å². The summed E-state index contributed by atoms with van der Waals surface area (Å²) < 4.78 is 2.23. The van der Waals surface area contributed by atoms with Gasteiger partial charge in [0, 0.05) is 23.0 Å². The highest BCUT2D eigenvalue weighted by atomic mass is 15.0.